The molecule has 2 aliphatic carbocycles. The van der Waals surface area contributed by atoms with Crippen LogP contribution in [0.1, 0.15) is 85.8 Å². The zero-order valence-electron chi connectivity index (χ0n) is 21.4. The Balaban J connectivity index is 1.48. The van der Waals surface area contributed by atoms with Crippen molar-refractivity contribution >= 4 is 45.5 Å². The number of amides is 2. The molecule has 1 aromatic carbocycles. The number of thiophene rings is 1. The first-order chi connectivity index (χ1) is 17.4. The van der Waals surface area contributed by atoms with E-state index in [0.29, 0.717) is 17.1 Å². The van der Waals surface area contributed by atoms with Gasteiger partial charge in [0.25, 0.3) is 0 Å². The fourth-order valence-electron chi connectivity index (χ4n) is 6.15. The normalized spacial score (nSPS) is 19.6. The Morgan fingerprint density at radius 3 is 2.17 bits per heavy atom. The van der Waals surface area contributed by atoms with Gasteiger partial charge >= 0.3 is 0 Å². The number of anilines is 1. The van der Waals surface area contributed by atoms with E-state index in [2.05, 4.69) is 18.7 Å². The minimum Gasteiger partial charge on any atom is -0.335 e. The molecule has 36 heavy (non-hydrogen) atoms. The second-order valence-corrected chi connectivity index (χ2v) is 12.1. The van der Waals surface area contributed by atoms with E-state index in [0.717, 1.165) is 58.0 Å². The van der Waals surface area contributed by atoms with Gasteiger partial charge in [0.2, 0.25) is 11.8 Å². The zero-order chi connectivity index (χ0) is 25.2. The first-order valence-corrected chi connectivity index (χ1v) is 14.7. The number of aryl methyl sites for hydroxylation is 1. The van der Waals surface area contributed by atoms with Gasteiger partial charge in [-0.1, -0.05) is 62.3 Å². The number of halogens is 1. The van der Waals surface area contributed by atoms with Crippen LogP contribution in [0.25, 0.3) is 0 Å². The van der Waals surface area contributed by atoms with Gasteiger partial charge in [-0.2, -0.15) is 0 Å². The number of benzene rings is 1. The first-order valence-electron chi connectivity index (χ1n) is 13.5. The standard InChI is InChI=1S/C29H36ClN3O2S/c1-19-20(2)36-29-27(19)28(21-13-15-22(30)16-14-21)31-17-25(34)32(29)18-26(35)33(23-9-5-3-6-10-23)24-11-7-4-8-12-24/h13-16,23-24H,3-12,17-18H2,1-2H3. The molecule has 2 saturated carbocycles. The van der Waals surface area contributed by atoms with Crippen molar-refractivity contribution < 1.29 is 9.59 Å². The van der Waals surface area contributed by atoms with E-state index in [1.807, 2.05) is 24.3 Å². The van der Waals surface area contributed by atoms with E-state index in [1.54, 1.807) is 16.2 Å². The van der Waals surface area contributed by atoms with Crippen LogP contribution in [0.5, 0.6) is 0 Å². The van der Waals surface area contributed by atoms with Crippen molar-refractivity contribution in [2.45, 2.75) is 90.1 Å². The number of hydrogen-bond acceptors (Lipinski definition) is 4. The second kappa shape index (κ2) is 11.1. The predicted octanol–water partition coefficient (Wildman–Crippen LogP) is 6.70. The maximum atomic E-state index is 14.0. The molecule has 0 radical (unpaired) electrons. The summed E-state index contributed by atoms with van der Waals surface area (Å²) >= 11 is 7.73. The van der Waals surface area contributed by atoms with Gasteiger partial charge < -0.3 is 4.90 Å². The molecule has 2 fully saturated rings. The number of fused-ring (bicyclic) bond motifs is 1. The SMILES string of the molecule is Cc1sc2c(c1C)C(c1ccc(Cl)cc1)=NCC(=O)N2CC(=O)N(C1CCCCC1)C1CCCCC1. The third-order valence-electron chi connectivity index (χ3n) is 8.16. The van der Waals surface area contributed by atoms with Crippen LogP contribution < -0.4 is 4.90 Å². The molecule has 5 nitrogen and oxygen atoms in total. The molecular formula is C29H36ClN3O2S. The molecule has 2 amide bonds. The Labute approximate surface area is 223 Å². The molecule has 0 bridgehead atoms. The van der Waals surface area contributed by atoms with Gasteiger partial charge in [0, 0.05) is 33.1 Å². The molecule has 192 valence electrons. The van der Waals surface area contributed by atoms with Crippen LogP contribution in [-0.4, -0.2) is 47.6 Å². The van der Waals surface area contributed by atoms with E-state index in [4.69, 9.17) is 16.6 Å². The highest BCUT2D eigenvalue weighted by Crippen LogP contribution is 2.39. The van der Waals surface area contributed by atoms with Gasteiger partial charge in [0.05, 0.1) is 5.71 Å². The third kappa shape index (κ3) is 5.12. The quantitative estimate of drug-likeness (QED) is 0.436. The molecule has 3 aliphatic rings. The van der Waals surface area contributed by atoms with Crippen LogP contribution in [-0.2, 0) is 9.59 Å². The van der Waals surface area contributed by atoms with Gasteiger partial charge in [-0.15, -0.1) is 11.3 Å². The van der Waals surface area contributed by atoms with E-state index >= 15 is 0 Å². The molecule has 0 unspecified atom stereocenters. The maximum Gasteiger partial charge on any atom is 0.249 e. The molecule has 2 aromatic rings. The first kappa shape index (κ1) is 25.5. The van der Waals surface area contributed by atoms with E-state index in [-0.39, 0.29) is 24.9 Å². The van der Waals surface area contributed by atoms with E-state index in [9.17, 15) is 9.59 Å². The number of nitrogens with zero attached hydrogens (tertiary/aromatic N) is 3. The van der Waals surface area contributed by atoms with Crippen molar-refractivity contribution in [3.8, 4) is 0 Å². The Hall–Kier alpha value is -2.18. The Bertz CT molecular complexity index is 1130. The molecule has 0 spiro atoms. The lowest BCUT2D eigenvalue weighted by molar-refractivity contribution is -0.137. The summed E-state index contributed by atoms with van der Waals surface area (Å²) in [5, 5.41) is 1.52. The number of carbonyl (C=O) groups excluding carboxylic acids is 2. The number of carbonyl (C=O) groups is 2. The number of aliphatic imine (C=N–C) groups is 1. The molecule has 0 N–H and O–H groups in total. The highest BCUT2D eigenvalue weighted by atomic mass is 35.5. The fraction of sp³-hybridized carbons (Fsp3) is 0.552. The average Bonchev–Trinajstić information content (AvgIpc) is 3.11. The molecule has 0 atom stereocenters. The van der Waals surface area contributed by atoms with Crippen LogP contribution in [0, 0.1) is 13.8 Å². The van der Waals surface area contributed by atoms with Gasteiger partial charge in [-0.05, 0) is 57.2 Å². The summed E-state index contributed by atoms with van der Waals surface area (Å²) in [6.45, 7) is 4.30. The van der Waals surface area contributed by atoms with Crippen molar-refractivity contribution in [1.82, 2.24) is 4.90 Å². The lowest BCUT2D eigenvalue weighted by Crippen LogP contribution is -2.53. The summed E-state index contributed by atoms with van der Waals surface area (Å²) in [5.74, 6) is -0.00574. The van der Waals surface area contributed by atoms with Crippen molar-refractivity contribution in [2.75, 3.05) is 18.0 Å². The number of rotatable bonds is 5. The molecule has 7 heteroatoms. The second-order valence-electron chi connectivity index (χ2n) is 10.5. The van der Waals surface area contributed by atoms with Gasteiger partial charge in [-0.25, -0.2) is 0 Å². The predicted molar refractivity (Wildman–Crippen MR) is 149 cm³/mol. The Kier molecular flexibility index (Phi) is 7.82. The van der Waals surface area contributed by atoms with Crippen molar-refractivity contribution in [3.05, 3.63) is 50.9 Å². The van der Waals surface area contributed by atoms with Gasteiger partial charge in [0.15, 0.2) is 0 Å². The minimum atomic E-state index is -0.109. The fourth-order valence-corrected chi connectivity index (χ4v) is 7.45. The molecule has 2 heterocycles. The van der Waals surface area contributed by atoms with E-state index < -0.39 is 0 Å². The van der Waals surface area contributed by atoms with E-state index in [1.165, 1.54) is 38.5 Å². The maximum absolute atomic E-state index is 14.0. The average molecular weight is 526 g/mol. The van der Waals surface area contributed by atoms with Crippen LogP contribution in [0.15, 0.2) is 29.3 Å². The molecule has 5 rings (SSSR count). The van der Waals surface area contributed by atoms with Gasteiger partial charge in [-0.3, -0.25) is 19.5 Å². The highest BCUT2D eigenvalue weighted by molar-refractivity contribution is 7.17. The lowest BCUT2D eigenvalue weighted by Gasteiger charge is -2.42. The Morgan fingerprint density at radius 1 is 1.00 bits per heavy atom. The van der Waals surface area contributed by atoms with Crippen molar-refractivity contribution in [2.24, 2.45) is 4.99 Å². The highest BCUT2D eigenvalue weighted by Gasteiger charge is 2.36. The smallest absolute Gasteiger partial charge is 0.249 e. The van der Waals surface area contributed by atoms with Crippen LogP contribution in [0.4, 0.5) is 5.00 Å². The van der Waals surface area contributed by atoms with Crippen LogP contribution in [0.3, 0.4) is 0 Å². The van der Waals surface area contributed by atoms with Gasteiger partial charge in [0.1, 0.15) is 18.1 Å². The summed E-state index contributed by atoms with van der Waals surface area (Å²) in [6.07, 6.45) is 11.6. The third-order valence-corrected chi connectivity index (χ3v) is 9.64. The largest absolute Gasteiger partial charge is 0.335 e. The molecule has 1 aliphatic heterocycles. The number of hydrogen-bond donors (Lipinski definition) is 0. The Morgan fingerprint density at radius 2 is 1.58 bits per heavy atom. The van der Waals surface area contributed by atoms with Crippen molar-refractivity contribution in [3.63, 3.8) is 0 Å². The summed E-state index contributed by atoms with van der Waals surface area (Å²) in [6, 6.07) is 8.24. The monoisotopic (exact) mass is 525 g/mol. The van der Waals surface area contributed by atoms with Crippen LogP contribution >= 0.6 is 22.9 Å². The zero-order valence-corrected chi connectivity index (χ0v) is 23.0. The summed E-state index contributed by atoms with van der Waals surface area (Å²) in [4.78, 5) is 37.4. The lowest BCUT2D eigenvalue weighted by atomic mass is 9.88. The van der Waals surface area contributed by atoms with Crippen molar-refractivity contribution in [1.29, 1.82) is 0 Å². The minimum absolute atomic E-state index is 0.0397. The summed E-state index contributed by atoms with van der Waals surface area (Å²) < 4.78 is 0. The summed E-state index contributed by atoms with van der Waals surface area (Å²) in [7, 11) is 0. The topological polar surface area (TPSA) is 53.0 Å². The molecule has 1 aromatic heterocycles. The summed E-state index contributed by atoms with van der Waals surface area (Å²) in [5.41, 5.74) is 3.84. The molecule has 0 saturated heterocycles. The van der Waals surface area contributed by atoms with Crippen LogP contribution in [0.2, 0.25) is 5.02 Å². The molecular weight excluding hydrogens is 490 g/mol.